The third-order valence-electron chi connectivity index (χ3n) is 4.03. The molecule has 2 aromatic rings. The number of likely N-dealkylation sites (N-methyl/N-ethyl adjacent to an activating group) is 1. The molecule has 0 spiro atoms. The van der Waals surface area contributed by atoms with Crippen LogP contribution in [0.15, 0.2) is 30.3 Å². The lowest BCUT2D eigenvalue weighted by molar-refractivity contribution is -0.126. The van der Waals surface area contributed by atoms with Crippen LogP contribution in [0.3, 0.4) is 0 Å². The fourth-order valence-corrected chi connectivity index (χ4v) is 2.84. The van der Waals surface area contributed by atoms with Crippen molar-refractivity contribution in [3.05, 3.63) is 58.5 Å². The summed E-state index contributed by atoms with van der Waals surface area (Å²) in [7, 11) is 5.04. The number of halogens is 1. The van der Waals surface area contributed by atoms with Crippen molar-refractivity contribution in [2.45, 2.75) is 26.4 Å². The number of hydrogen-bond donors (Lipinski definition) is 1. The molecule has 1 atom stereocenters. The third-order valence-corrected chi connectivity index (χ3v) is 4.03. The Bertz CT molecular complexity index is 762. The van der Waals surface area contributed by atoms with E-state index >= 15 is 0 Å². The molecule has 1 amide bonds. The topological polar surface area (TPSA) is 54.5 Å². The molecule has 134 valence electrons. The summed E-state index contributed by atoms with van der Waals surface area (Å²) >= 11 is 0. The average Bonchev–Trinajstić information content (AvgIpc) is 2.55. The molecule has 0 fully saturated rings. The van der Waals surface area contributed by atoms with Crippen LogP contribution in [0.1, 0.15) is 28.4 Å². The van der Waals surface area contributed by atoms with E-state index in [1.807, 2.05) is 19.9 Å². The molecule has 1 aromatic heterocycles. The van der Waals surface area contributed by atoms with Crippen molar-refractivity contribution in [1.82, 2.24) is 15.2 Å². The van der Waals surface area contributed by atoms with Gasteiger partial charge in [-0.3, -0.25) is 9.69 Å². The Balaban J connectivity index is 2.22. The van der Waals surface area contributed by atoms with E-state index in [9.17, 15) is 9.18 Å². The van der Waals surface area contributed by atoms with Gasteiger partial charge in [-0.2, -0.15) is 0 Å². The van der Waals surface area contributed by atoms with Gasteiger partial charge in [0.05, 0.1) is 7.11 Å². The summed E-state index contributed by atoms with van der Waals surface area (Å²) in [5, 5.41) is 2.87. The van der Waals surface area contributed by atoms with Gasteiger partial charge in [0, 0.05) is 23.4 Å². The first kappa shape index (κ1) is 18.9. The van der Waals surface area contributed by atoms with Crippen molar-refractivity contribution < 1.29 is 13.9 Å². The zero-order valence-electron chi connectivity index (χ0n) is 15.3. The molecule has 0 aliphatic heterocycles. The number of rotatable bonds is 6. The van der Waals surface area contributed by atoms with E-state index in [1.165, 1.54) is 6.07 Å². The number of carbonyl (C=O) groups excluding carboxylic acids is 1. The lowest BCUT2D eigenvalue weighted by atomic mass is 10.0. The minimum absolute atomic E-state index is 0.264. The van der Waals surface area contributed by atoms with Crippen LogP contribution in [0, 0.1) is 19.7 Å². The normalized spacial score (nSPS) is 12.1. The van der Waals surface area contributed by atoms with Crippen molar-refractivity contribution in [1.29, 1.82) is 0 Å². The summed E-state index contributed by atoms with van der Waals surface area (Å²) in [5.41, 5.74) is 2.99. The molecule has 25 heavy (non-hydrogen) atoms. The van der Waals surface area contributed by atoms with Crippen LogP contribution in [0.2, 0.25) is 0 Å². The third kappa shape index (κ3) is 4.33. The summed E-state index contributed by atoms with van der Waals surface area (Å²) in [6.07, 6.45) is 0. The summed E-state index contributed by atoms with van der Waals surface area (Å²) in [4.78, 5) is 18.7. The number of methoxy groups -OCH3 is 1. The Morgan fingerprint density at radius 2 is 2.00 bits per heavy atom. The maximum absolute atomic E-state index is 14.1. The molecule has 1 aromatic carbocycles. The standard InChI is InChI=1S/C19H24FN3O2/c1-12-10-13(2)22-19(25-5)15(12)11-21-18(24)17(23(3)4)14-8-6-7-9-16(14)20/h6-10,17H,11H2,1-5H3,(H,21,24). The number of nitrogens with zero attached hydrogens (tertiary/aromatic N) is 2. The second kappa shape index (κ2) is 8.07. The highest BCUT2D eigenvalue weighted by Crippen LogP contribution is 2.23. The number of pyridine rings is 1. The zero-order chi connectivity index (χ0) is 18.6. The van der Waals surface area contributed by atoms with Crippen LogP contribution < -0.4 is 10.1 Å². The van der Waals surface area contributed by atoms with Crippen LogP contribution >= 0.6 is 0 Å². The monoisotopic (exact) mass is 345 g/mol. The minimum Gasteiger partial charge on any atom is -0.481 e. The molecule has 0 aliphatic carbocycles. The van der Waals surface area contributed by atoms with Gasteiger partial charge in [0.25, 0.3) is 0 Å². The van der Waals surface area contributed by atoms with E-state index in [2.05, 4.69) is 10.3 Å². The number of hydrogen-bond acceptors (Lipinski definition) is 4. The number of amides is 1. The van der Waals surface area contributed by atoms with Crippen molar-refractivity contribution in [3.8, 4) is 5.88 Å². The van der Waals surface area contributed by atoms with Gasteiger partial charge in [0.15, 0.2) is 0 Å². The van der Waals surface area contributed by atoms with Gasteiger partial charge in [0.2, 0.25) is 11.8 Å². The Morgan fingerprint density at radius 3 is 2.60 bits per heavy atom. The first-order valence-electron chi connectivity index (χ1n) is 8.04. The second-order valence-corrected chi connectivity index (χ2v) is 6.17. The number of nitrogens with one attached hydrogen (secondary N) is 1. The van der Waals surface area contributed by atoms with Gasteiger partial charge >= 0.3 is 0 Å². The maximum Gasteiger partial charge on any atom is 0.242 e. The van der Waals surface area contributed by atoms with Gasteiger partial charge in [-0.1, -0.05) is 18.2 Å². The largest absolute Gasteiger partial charge is 0.481 e. The molecular formula is C19H24FN3O2. The smallest absolute Gasteiger partial charge is 0.242 e. The Morgan fingerprint density at radius 1 is 1.32 bits per heavy atom. The highest BCUT2D eigenvalue weighted by molar-refractivity contribution is 5.83. The van der Waals surface area contributed by atoms with Crippen LogP contribution in [0.4, 0.5) is 4.39 Å². The SMILES string of the molecule is COc1nc(C)cc(C)c1CNC(=O)C(c1ccccc1F)N(C)C. The lowest BCUT2D eigenvalue weighted by Gasteiger charge is -2.24. The molecule has 1 unspecified atom stereocenters. The number of ether oxygens (including phenoxy) is 1. The van der Waals surface area contributed by atoms with Crippen molar-refractivity contribution in [2.75, 3.05) is 21.2 Å². The molecule has 0 saturated heterocycles. The van der Waals surface area contributed by atoms with Crippen LogP contribution in [-0.4, -0.2) is 37.0 Å². The van der Waals surface area contributed by atoms with Gasteiger partial charge in [0.1, 0.15) is 11.9 Å². The Kier molecular flexibility index (Phi) is 6.09. The molecular weight excluding hydrogens is 321 g/mol. The summed E-state index contributed by atoms with van der Waals surface area (Å²) < 4.78 is 19.4. The van der Waals surface area contributed by atoms with Crippen LogP contribution in [-0.2, 0) is 11.3 Å². The highest BCUT2D eigenvalue weighted by Gasteiger charge is 2.25. The molecule has 5 nitrogen and oxygen atoms in total. The predicted molar refractivity (Wildman–Crippen MR) is 94.9 cm³/mol. The maximum atomic E-state index is 14.1. The summed E-state index contributed by atoms with van der Waals surface area (Å²) in [5.74, 6) is -0.190. The zero-order valence-corrected chi connectivity index (χ0v) is 15.3. The summed E-state index contributed by atoms with van der Waals surface area (Å²) in [6, 6.07) is 7.53. The number of carbonyl (C=O) groups is 1. The molecule has 1 heterocycles. The average molecular weight is 345 g/mol. The van der Waals surface area contributed by atoms with E-state index in [0.717, 1.165) is 16.8 Å². The van der Waals surface area contributed by atoms with Gasteiger partial charge < -0.3 is 10.1 Å². The first-order chi connectivity index (χ1) is 11.8. The van der Waals surface area contributed by atoms with Crippen molar-refractivity contribution >= 4 is 5.91 Å². The van der Waals surface area contributed by atoms with Crippen LogP contribution in [0.5, 0.6) is 5.88 Å². The summed E-state index contributed by atoms with van der Waals surface area (Å²) in [6.45, 7) is 4.09. The van der Waals surface area contributed by atoms with Gasteiger partial charge in [-0.15, -0.1) is 0 Å². The predicted octanol–water partition coefficient (Wildman–Crippen LogP) is 2.77. The molecule has 0 aliphatic rings. The van der Waals surface area contributed by atoms with E-state index in [1.54, 1.807) is 44.3 Å². The molecule has 2 rings (SSSR count). The van der Waals surface area contributed by atoms with Crippen molar-refractivity contribution in [3.63, 3.8) is 0 Å². The van der Waals surface area contributed by atoms with E-state index in [4.69, 9.17) is 4.74 Å². The van der Waals surface area contributed by atoms with E-state index in [0.29, 0.717) is 11.4 Å². The number of aryl methyl sites for hydroxylation is 2. The lowest BCUT2D eigenvalue weighted by Crippen LogP contribution is -2.37. The molecule has 6 heteroatoms. The second-order valence-electron chi connectivity index (χ2n) is 6.17. The van der Waals surface area contributed by atoms with Gasteiger partial charge in [-0.25, -0.2) is 9.37 Å². The first-order valence-corrected chi connectivity index (χ1v) is 8.04. The van der Waals surface area contributed by atoms with Gasteiger partial charge in [-0.05, 0) is 45.6 Å². The van der Waals surface area contributed by atoms with E-state index in [-0.39, 0.29) is 12.5 Å². The quantitative estimate of drug-likeness (QED) is 0.875. The molecule has 1 N–H and O–H groups in total. The molecule has 0 saturated carbocycles. The van der Waals surface area contributed by atoms with Crippen LogP contribution in [0.25, 0.3) is 0 Å². The Hall–Kier alpha value is -2.47. The fraction of sp³-hybridized carbons (Fsp3) is 0.368. The van der Waals surface area contributed by atoms with E-state index < -0.39 is 11.9 Å². The minimum atomic E-state index is -0.717. The Labute approximate surface area is 147 Å². The molecule has 0 bridgehead atoms. The fourth-order valence-electron chi connectivity index (χ4n) is 2.84. The molecule has 0 radical (unpaired) electrons. The highest BCUT2D eigenvalue weighted by atomic mass is 19.1. The number of benzene rings is 1. The number of aromatic nitrogens is 1. The van der Waals surface area contributed by atoms with Crippen molar-refractivity contribution in [2.24, 2.45) is 0 Å².